The summed E-state index contributed by atoms with van der Waals surface area (Å²) in [5.41, 5.74) is 3.95. The molecule has 200 valence electrons. The maximum absolute atomic E-state index is 13.3. The number of ether oxygens (including phenoxy) is 2. The van der Waals surface area contributed by atoms with E-state index in [0.29, 0.717) is 54.8 Å². The highest BCUT2D eigenvalue weighted by Crippen LogP contribution is 2.30. The van der Waals surface area contributed by atoms with E-state index in [9.17, 15) is 9.59 Å². The number of carbonyl (C=O) groups excluding carboxylic acids is 2. The zero-order valence-corrected chi connectivity index (χ0v) is 21.6. The summed E-state index contributed by atoms with van der Waals surface area (Å²) in [5, 5.41) is 14.4. The highest BCUT2D eigenvalue weighted by molar-refractivity contribution is 5.97. The van der Waals surface area contributed by atoms with Gasteiger partial charge in [0.05, 0.1) is 36.2 Å². The summed E-state index contributed by atoms with van der Waals surface area (Å²) in [7, 11) is 0. The van der Waals surface area contributed by atoms with E-state index < -0.39 is 0 Å². The minimum Gasteiger partial charge on any atom is -0.459 e. The molecule has 0 atom stereocenters. The van der Waals surface area contributed by atoms with Crippen molar-refractivity contribution >= 4 is 29.2 Å². The number of anilines is 3. The monoisotopic (exact) mass is 526 g/mol. The third-order valence-electron chi connectivity index (χ3n) is 6.83. The Balaban J connectivity index is 1.35. The molecule has 2 aromatic carbocycles. The van der Waals surface area contributed by atoms with E-state index in [1.54, 1.807) is 42.6 Å². The number of hydrogen-bond donors (Lipinski definition) is 2. The Morgan fingerprint density at radius 3 is 2.59 bits per heavy atom. The Kier molecular flexibility index (Phi) is 8.29. The number of rotatable bonds is 8. The molecular weight excluding hydrogens is 496 g/mol. The standard InChI is InChI=1S/C29H30N6O4/c30-12-14-31-27(36)21-7-5-20(6-8-21)25-11-13-32-29(34-25)33-22-9-10-26(35-15-17-38-18-16-35)24(19-22)28(37)39-23-3-1-2-4-23/h5-11,13,19,23H,1-4,14-18H2,(H,31,36)(H,32,33,34). The summed E-state index contributed by atoms with van der Waals surface area (Å²) in [4.78, 5) is 36.4. The molecule has 1 aliphatic heterocycles. The van der Waals surface area contributed by atoms with Crippen LogP contribution < -0.4 is 15.5 Å². The molecule has 0 unspecified atom stereocenters. The van der Waals surface area contributed by atoms with Crippen molar-refractivity contribution in [2.24, 2.45) is 0 Å². The number of aromatic nitrogens is 2. The lowest BCUT2D eigenvalue weighted by Gasteiger charge is -2.30. The molecule has 0 spiro atoms. The molecule has 0 bridgehead atoms. The second-order valence-corrected chi connectivity index (χ2v) is 9.45. The van der Waals surface area contributed by atoms with Crippen molar-refractivity contribution in [3.05, 3.63) is 65.9 Å². The van der Waals surface area contributed by atoms with Gasteiger partial charge in [-0.15, -0.1) is 0 Å². The Hall–Kier alpha value is -4.49. The Morgan fingerprint density at radius 1 is 1.08 bits per heavy atom. The van der Waals surface area contributed by atoms with Gasteiger partial charge in [0, 0.05) is 36.1 Å². The zero-order valence-electron chi connectivity index (χ0n) is 21.6. The van der Waals surface area contributed by atoms with Crippen molar-refractivity contribution < 1.29 is 19.1 Å². The number of nitrogens with zero attached hydrogens (tertiary/aromatic N) is 4. The molecule has 0 radical (unpaired) electrons. The average molecular weight is 527 g/mol. The molecule has 2 fully saturated rings. The van der Waals surface area contributed by atoms with Crippen LogP contribution in [0.2, 0.25) is 0 Å². The van der Waals surface area contributed by atoms with Crippen LogP contribution in [-0.4, -0.2) is 60.8 Å². The SMILES string of the molecule is N#CCNC(=O)c1ccc(-c2ccnc(Nc3ccc(N4CCOCC4)c(C(=O)OC4CCCC4)c3)n2)cc1. The molecule has 2 aliphatic rings. The topological polar surface area (TPSA) is 129 Å². The number of amides is 1. The molecule has 10 heteroatoms. The van der Waals surface area contributed by atoms with E-state index in [1.165, 1.54) is 0 Å². The minimum absolute atomic E-state index is 0.0320. The predicted molar refractivity (Wildman–Crippen MR) is 146 cm³/mol. The van der Waals surface area contributed by atoms with Crippen molar-refractivity contribution in [3.8, 4) is 17.3 Å². The van der Waals surface area contributed by atoms with Crippen LogP contribution in [0.3, 0.4) is 0 Å². The predicted octanol–water partition coefficient (Wildman–Crippen LogP) is 4.08. The molecule has 1 aromatic heterocycles. The summed E-state index contributed by atoms with van der Waals surface area (Å²) in [6, 6.07) is 16.3. The third-order valence-corrected chi connectivity index (χ3v) is 6.83. The van der Waals surface area contributed by atoms with Gasteiger partial charge in [0.15, 0.2) is 0 Å². The summed E-state index contributed by atoms with van der Waals surface area (Å²) in [6.07, 6.45) is 5.60. The van der Waals surface area contributed by atoms with E-state index in [4.69, 9.17) is 14.7 Å². The molecule has 10 nitrogen and oxygen atoms in total. The molecule has 1 aliphatic carbocycles. The molecular formula is C29H30N6O4. The zero-order chi connectivity index (χ0) is 27.0. The lowest BCUT2D eigenvalue weighted by atomic mass is 10.1. The van der Waals surface area contributed by atoms with Gasteiger partial charge in [-0.05, 0) is 62.1 Å². The quantitative estimate of drug-likeness (QED) is 0.329. The van der Waals surface area contributed by atoms with Crippen molar-refractivity contribution in [3.63, 3.8) is 0 Å². The van der Waals surface area contributed by atoms with E-state index in [2.05, 4.69) is 25.5 Å². The summed E-state index contributed by atoms with van der Waals surface area (Å²) < 4.78 is 11.4. The number of esters is 1. The van der Waals surface area contributed by atoms with Gasteiger partial charge in [-0.2, -0.15) is 5.26 Å². The maximum Gasteiger partial charge on any atom is 0.340 e. The molecule has 2 N–H and O–H groups in total. The van der Waals surface area contributed by atoms with Gasteiger partial charge in [0.25, 0.3) is 5.91 Å². The maximum atomic E-state index is 13.3. The van der Waals surface area contributed by atoms with Crippen LogP contribution >= 0.6 is 0 Å². The van der Waals surface area contributed by atoms with E-state index in [-0.39, 0.29) is 24.5 Å². The van der Waals surface area contributed by atoms with Crippen molar-refractivity contribution in [2.45, 2.75) is 31.8 Å². The third kappa shape index (κ3) is 6.51. The highest BCUT2D eigenvalue weighted by Gasteiger charge is 2.25. The van der Waals surface area contributed by atoms with Crippen molar-refractivity contribution in [2.75, 3.05) is 43.1 Å². The second kappa shape index (κ2) is 12.4. The van der Waals surface area contributed by atoms with Gasteiger partial charge in [0.2, 0.25) is 5.95 Å². The fourth-order valence-electron chi connectivity index (χ4n) is 4.80. The lowest BCUT2D eigenvalue weighted by molar-refractivity contribution is 0.0318. The molecule has 2 heterocycles. The molecule has 3 aromatic rings. The van der Waals surface area contributed by atoms with Crippen LogP contribution in [0.4, 0.5) is 17.3 Å². The smallest absolute Gasteiger partial charge is 0.340 e. The summed E-state index contributed by atoms with van der Waals surface area (Å²) in [6.45, 7) is 2.60. The molecule has 1 saturated carbocycles. The first-order chi connectivity index (χ1) is 19.1. The Morgan fingerprint density at radius 2 is 1.85 bits per heavy atom. The fraction of sp³-hybridized carbons (Fsp3) is 0.345. The van der Waals surface area contributed by atoms with Crippen molar-refractivity contribution in [1.29, 1.82) is 5.26 Å². The Bertz CT molecular complexity index is 1360. The normalized spacial score (nSPS) is 15.4. The number of nitrogens with one attached hydrogen (secondary N) is 2. The van der Waals surface area contributed by atoms with Gasteiger partial charge in [-0.3, -0.25) is 4.79 Å². The number of hydrogen-bond acceptors (Lipinski definition) is 9. The van der Waals surface area contributed by atoms with Crippen LogP contribution in [0.5, 0.6) is 0 Å². The Labute approximate surface area is 227 Å². The number of carbonyl (C=O) groups is 2. The van der Waals surface area contributed by atoms with Gasteiger partial charge in [-0.25, -0.2) is 14.8 Å². The summed E-state index contributed by atoms with van der Waals surface area (Å²) >= 11 is 0. The van der Waals surface area contributed by atoms with Crippen LogP contribution in [0.25, 0.3) is 11.3 Å². The van der Waals surface area contributed by atoms with Crippen molar-refractivity contribution in [1.82, 2.24) is 15.3 Å². The first-order valence-electron chi connectivity index (χ1n) is 13.1. The number of benzene rings is 2. The first kappa shape index (κ1) is 26.1. The number of morpholine rings is 1. The largest absolute Gasteiger partial charge is 0.459 e. The van der Waals surface area contributed by atoms with Gasteiger partial charge in [-0.1, -0.05) is 12.1 Å². The first-order valence-corrected chi connectivity index (χ1v) is 13.1. The molecule has 5 rings (SSSR count). The highest BCUT2D eigenvalue weighted by atomic mass is 16.5. The van der Waals surface area contributed by atoms with Crippen LogP contribution in [0.1, 0.15) is 46.4 Å². The van der Waals surface area contributed by atoms with Gasteiger partial charge < -0.3 is 25.0 Å². The molecule has 1 saturated heterocycles. The van der Waals surface area contributed by atoms with Crippen LogP contribution in [0.15, 0.2) is 54.7 Å². The molecule has 39 heavy (non-hydrogen) atoms. The van der Waals surface area contributed by atoms with Gasteiger partial charge >= 0.3 is 5.97 Å². The average Bonchev–Trinajstić information content (AvgIpc) is 3.49. The summed E-state index contributed by atoms with van der Waals surface area (Å²) in [5.74, 6) is -0.255. The lowest BCUT2D eigenvalue weighted by Crippen LogP contribution is -2.37. The van der Waals surface area contributed by atoms with E-state index >= 15 is 0 Å². The fourth-order valence-corrected chi connectivity index (χ4v) is 4.80. The van der Waals surface area contributed by atoms with Crippen LogP contribution in [0, 0.1) is 11.3 Å². The second-order valence-electron chi connectivity index (χ2n) is 9.45. The van der Waals surface area contributed by atoms with Crippen LogP contribution in [-0.2, 0) is 9.47 Å². The van der Waals surface area contributed by atoms with E-state index in [0.717, 1.165) is 36.9 Å². The minimum atomic E-state index is -0.319. The number of nitriles is 1. The molecule has 1 amide bonds. The van der Waals surface area contributed by atoms with E-state index in [1.807, 2.05) is 18.2 Å². The van der Waals surface area contributed by atoms with Gasteiger partial charge in [0.1, 0.15) is 12.6 Å².